The highest BCUT2D eigenvalue weighted by molar-refractivity contribution is 5.99. The number of oxime groups is 1. The van der Waals surface area contributed by atoms with Crippen LogP contribution in [0, 0.1) is 13.8 Å². The van der Waals surface area contributed by atoms with Gasteiger partial charge in [-0.25, -0.2) is 0 Å². The normalized spacial score (nSPS) is 16.8. The first-order valence-electron chi connectivity index (χ1n) is 5.09. The molecule has 4 heteroatoms. The van der Waals surface area contributed by atoms with Crippen molar-refractivity contribution in [3.05, 3.63) is 28.6 Å². The Morgan fingerprint density at radius 2 is 2.20 bits per heavy atom. The summed E-state index contributed by atoms with van der Waals surface area (Å²) >= 11 is 0. The van der Waals surface area contributed by atoms with E-state index < -0.39 is 0 Å². The average Bonchev–Trinajstić information content (AvgIpc) is 2.98. The molecule has 1 fully saturated rings. The van der Waals surface area contributed by atoms with Crippen molar-refractivity contribution in [1.82, 2.24) is 4.98 Å². The third kappa shape index (κ3) is 1.79. The van der Waals surface area contributed by atoms with E-state index in [2.05, 4.69) is 10.1 Å². The number of rotatable bonds is 2. The Kier molecular flexibility index (Phi) is 2.34. The zero-order chi connectivity index (χ0) is 11.0. The van der Waals surface area contributed by atoms with Gasteiger partial charge in [-0.1, -0.05) is 5.16 Å². The first kappa shape index (κ1) is 9.96. The fraction of sp³-hybridized carbons (Fsp3) is 0.455. The van der Waals surface area contributed by atoms with Gasteiger partial charge in [-0.2, -0.15) is 0 Å². The molecule has 0 radical (unpaired) electrons. The van der Waals surface area contributed by atoms with Gasteiger partial charge in [0.1, 0.15) is 0 Å². The van der Waals surface area contributed by atoms with Crippen LogP contribution in [0.25, 0.3) is 0 Å². The molecule has 0 unspecified atom stereocenters. The Bertz CT molecular complexity index is 422. The van der Waals surface area contributed by atoms with Crippen molar-refractivity contribution in [1.29, 1.82) is 0 Å². The lowest BCUT2D eigenvalue weighted by Crippen LogP contribution is -2.18. The number of hydrogen-bond acceptors (Lipinski definition) is 3. The summed E-state index contributed by atoms with van der Waals surface area (Å²) < 4.78 is 0. The summed E-state index contributed by atoms with van der Waals surface area (Å²) in [4.78, 5) is 4.49. The molecule has 1 heterocycles. The zero-order valence-corrected chi connectivity index (χ0v) is 8.99. The summed E-state index contributed by atoms with van der Waals surface area (Å²) in [5.41, 5.74) is 9.49. The molecule has 0 saturated heterocycles. The van der Waals surface area contributed by atoms with Crippen LogP contribution in [-0.4, -0.2) is 16.0 Å². The molecule has 15 heavy (non-hydrogen) atoms. The number of hydrogen-bond donors (Lipinski definition) is 2. The minimum absolute atomic E-state index is 0.168. The van der Waals surface area contributed by atoms with E-state index in [9.17, 15) is 0 Å². The number of nitrogens with zero attached hydrogens (tertiary/aromatic N) is 2. The predicted octanol–water partition coefficient (Wildman–Crippen LogP) is 1.67. The van der Waals surface area contributed by atoms with Gasteiger partial charge in [0.15, 0.2) is 5.84 Å². The zero-order valence-electron chi connectivity index (χ0n) is 8.99. The minimum Gasteiger partial charge on any atom is -0.409 e. The van der Waals surface area contributed by atoms with Crippen LogP contribution in [0.3, 0.4) is 0 Å². The molecule has 1 aliphatic carbocycles. The Balaban J connectivity index is 2.58. The molecule has 2 rings (SSSR count). The molecule has 1 aliphatic rings. The van der Waals surface area contributed by atoms with Crippen LogP contribution in [0.4, 0.5) is 0 Å². The molecule has 1 aromatic heterocycles. The van der Waals surface area contributed by atoms with Crippen molar-refractivity contribution in [2.75, 3.05) is 0 Å². The van der Waals surface area contributed by atoms with Gasteiger partial charge >= 0.3 is 0 Å². The molecule has 1 saturated carbocycles. The molecule has 0 amide bonds. The number of aromatic nitrogens is 1. The SMILES string of the molecule is Cc1cc(C)c(/C(N)=N/O)c(C2CC2)n1. The average molecular weight is 205 g/mol. The molecule has 0 aliphatic heterocycles. The number of amidine groups is 1. The first-order valence-corrected chi connectivity index (χ1v) is 5.09. The standard InChI is InChI=1S/C11H15N3O/c1-6-5-7(2)13-10(8-3-4-8)9(6)11(12)14-15/h5,8,15H,3-4H2,1-2H3,(H2,12,14). The van der Waals surface area contributed by atoms with Gasteiger partial charge in [0.05, 0.1) is 5.69 Å². The van der Waals surface area contributed by atoms with E-state index in [1.807, 2.05) is 19.9 Å². The van der Waals surface area contributed by atoms with Crippen LogP contribution >= 0.6 is 0 Å². The molecule has 4 nitrogen and oxygen atoms in total. The van der Waals surface area contributed by atoms with Gasteiger partial charge in [0.25, 0.3) is 0 Å². The molecule has 80 valence electrons. The molecule has 0 aromatic carbocycles. The molecular formula is C11H15N3O. The van der Waals surface area contributed by atoms with E-state index in [1.54, 1.807) is 0 Å². The Hall–Kier alpha value is -1.58. The van der Waals surface area contributed by atoms with E-state index >= 15 is 0 Å². The highest BCUT2D eigenvalue weighted by atomic mass is 16.4. The Morgan fingerprint density at radius 1 is 1.53 bits per heavy atom. The maximum atomic E-state index is 8.74. The quantitative estimate of drug-likeness (QED) is 0.334. The van der Waals surface area contributed by atoms with Gasteiger partial charge in [-0.15, -0.1) is 0 Å². The van der Waals surface area contributed by atoms with Crippen LogP contribution < -0.4 is 5.73 Å². The first-order chi connectivity index (χ1) is 7.13. The van der Waals surface area contributed by atoms with Crippen molar-refractivity contribution >= 4 is 5.84 Å². The van der Waals surface area contributed by atoms with Crippen molar-refractivity contribution in [2.24, 2.45) is 10.9 Å². The predicted molar refractivity (Wildman–Crippen MR) is 58.2 cm³/mol. The van der Waals surface area contributed by atoms with E-state index in [-0.39, 0.29) is 5.84 Å². The van der Waals surface area contributed by atoms with Crippen molar-refractivity contribution in [3.63, 3.8) is 0 Å². The van der Waals surface area contributed by atoms with E-state index in [0.717, 1.165) is 35.4 Å². The molecule has 0 spiro atoms. The smallest absolute Gasteiger partial charge is 0.172 e. The third-order valence-electron chi connectivity index (χ3n) is 2.70. The highest BCUT2D eigenvalue weighted by Gasteiger charge is 2.29. The largest absolute Gasteiger partial charge is 0.409 e. The maximum Gasteiger partial charge on any atom is 0.172 e. The summed E-state index contributed by atoms with van der Waals surface area (Å²) in [6.07, 6.45) is 2.31. The second-order valence-corrected chi connectivity index (χ2v) is 4.10. The fourth-order valence-electron chi connectivity index (χ4n) is 1.90. The van der Waals surface area contributed by atoms with Crippen LogP contribution in [0.2, 0.25) is 0 Å². The summed E-state index contributed by atoms with van der Waals surface area (Å²) in [6.45, 7) is 3.93. The van der Waals surface area contributed by atoms with Gasteiger partial charge in [0, 0.05) is 17.2 Å². The minimum atomic E-state index is 0.168. The molecule has 1 aromatic rings. The Morgan fingerprint density at radius 3 is 2.73 bits per heavy atom. The van der Waals surface area contributed by atoms with Crippen molar-refractivity contribution < 1.29 is 5.21 Å². The van der Waals surface area contributed by atoms with Crippen molar-refractivity contribution in [3.8, 4) is 0 Å². The molecule has 0 atom stereocenters. The topological polar surface area (TPSA) is 71.5 Å². The summed E-state index contributed by atoms with van der Waals surface area (Å²) in [7, 11) is 0. The fourth-order valence-corrected chi connectivity index (χ4v) is 1.90. The highest BCUT2D eigenvalue weighted by Crippen LogP contribution is 2.41. The summed E-state index contributed by atoms with van der Waals surface area (Å²) in [6, 6.07) is 1.96. The van der Waals surface area contributed by atoms with Gasteiger partial charge in [-0.05, 0) is 38.3 Å². The van der Waals surface area contributed by atoms with Crippen LogP contribution in [0.1, 0.15) is 41.3 Å². The van der Waals surface area contributed by atoms with E-state index in [4.69, 9.17) is 10.9 Å². The summed E-state index contributed by atoms with van der Waals surface area (Å²) in [5.74, 6) is 0.667. The van der Waals surface area contributed by atoms with Gasteiger partial charge in [0.2, 0.25) is 0 Å². The Labute approximate surface area is 88.8 Å². The number of aryl methyl sites for hydroxylation is 2. The van der Waals surface area contributed by atoms with E-state index in [0.29, 0.717) is 5.92 Å². The van der Waals surface area contributed by atoms with Gasteiger partial charge < -0.3 is 10.9 Å². The lowest BCUT2D eigenvalue weighted by molar-refractivity contribution is 0.318. The third-order valence-corrected chi connectivity index (χ3v) is 2.70. The maximum absolute atomic E-state index is 8.74. The lowest BCUT2D eigenvalue weighted by atomic mass is 10.0. The van der Waals surface area contributed by atoms with Gasteiger partial charge in [-0.3, -0.25) is 4.98 Å². The van der Waals surface area contributed by atoms with Crippen LogP contribution in [0.15, 0.2) is 11.2 Å². The lowest BCUT2D eigenvalue weighted by Gasteiger charge is -2.10. The summed E-state index contributed by atoms with van der Waals surface area (Å²) in [5, 5.41) is 11.8. The van der Waals surface area contributed by atoms with Crippen LogP contribution in [0.5, 0.6) is 0 Å². The molecule has 3 N–H and O–H groups in total. The van der Waals surface area contributed by atoms with E-state index in [1.165, 1.54) is 0 Å². The number of nitrogens with two attached hydrogens (primary N) is 1. The molecular weight excluding hydrogens is 190 g/mol. The monoisotopic (exact) mass is 205 g/mol. The second-order valence-electron chi connectivity index (χ2n) is 4.10. The second kappa shape index (κ2) is 3.53. The van der Waals surface area contributed by atoms with Crippen molar-refractivity contribution in [2.45, 2.75) is 32.6 Å². The van der Waals surface area contributed by atoms with Crippen LogP contribution in [-0.2, 0) is 0 Å². The number of pyridine rings is 1. The molecule has 0 bridgehead atoms.